The van der Waals surface area contributed by atoms with Crippen LogP contribution in [0.25, 0.3) is 0 Å². The largest absolute Gasteiger partial charge is 0.504 e. The summed E-state index contributed by atoms with van der Waals surface area (Å²) in [5.41, 5.74) is 9.75. The first-order valence-electron chi connectivity index (χ1n) is 17.7. The minimum Gasteiger partial charge on any atom is -0.504 e. The molecule has 0 saturated heterocycles. The van der Waals surface area contributed by atoms with Gasteiger partial charge in [-0.25, -0.2) is 4.98 Å². The number of phenols is 1. The highest BCUT2D eigenvalue weighted by Crippen LogP contribution is 2.44. The fourth-order valence-electron chi connectivity index (χ4n) is 8.18. The maximum absolute atomic E-state index is 14.2. The molecular formula is C41H50N2O6. The molecule has 2 aliphatic carbocycles. The number of aliphatic hydroxyl groups excluding tert-OH is 2. The van der Waals surface area contributed by atoms with Crippen LogP contribution >= 0.6 is 0 Å². The third-order valence-electron chi connectivity index (χ3n) is 10.5. The van der Waals surface area contributed by atoms with Crippen molar-refractivity contribution in [2.24, 2.45) is 29.6 Å². The number of hydrogen-bond acceptors (Lipinski definition) is 8. The molecule has 5 N–H and O–H groups in total. The van der Waals surface area contributed by atoms with Crippen LogP contribution in [0.3, 0.4) is 0 Å². The van der Waals surface area contributed by atoms with E-state index in [0.29, 0.717) is 30.8 Å². The lowest BCUT2D eigenvalue weighted by molar-refractivity contribution is -0.130. The summed E-state index contributed by atoms with van der Waals surface area (Å²) in [6.07, 6.45) is 6.02. The molecule has 0 spiro atoms. The molecule has 5 rings (SSSR count). The molecule has 0 amide bonds. The second-order valence-corrected chi connectivity index (χ2v) is 13.9. The molecule has 0 bridgehead atoms. The quantitative estimate of drug-likeness (QED) is 0.152. The molecule has 2 aromatic carbocycles. The maximum Gasteiger partial charge on any atom is 0.160 e. The zero-order valence-corrected chi connectivity index (χ0v) is 28.7. The summed E-state index contributed by atoms with van der Waals surface area (Å²) >= 11 is 0. The van der Waals surface area contributed by atoms with Crippen molar-refractivity contribution in [1.82, 2.24) is 4.98 Å². The number of ketones is 2. The van der Waals surface area contributed by atoms with Crippen LogP contribution in [0.1, 0.15) is 86.5 Å². The number of benzene rings is 2. The predicted molar refractivity (Wildman–Crippen MR) is 190 cm³/mol. The van der Waals surface area contributed by atoms with Crippen LogP contribution in [-0.2, 0) is 22.4 Å². The minimum atomic E-state index is -0.693. The normalized spacial score (nSPS) is 24.1. The summed E-state index contributed by atoms with van der Waals surface area (Å²) in [6, 6.07) is 17.3. The Labute approximate surface area is 290 Å². The van der Waals surface area contributed by atoms with Gasteiger partial charge in [0, 0.05) is 31.1 Å². The number of aliphatic hydroxyl groups is 2. The Morgan fingerprint density at radius 3 is 2.53 bits per heavy atom. The number of nitrogens with zero attached hydrogens (tertiary/aromatic N) is 1. The first-order valence-corrected chi connectivity index (χ1v) is 17.7. The lowest BCUT2D eigenvalue weighted by Gasteiger charge is -2.33. The molecule has 0 radical (unpaired) electrons. The predicted octanol–water partition coefficient (Wildman–Crippen LogP) is 6.04. The van der Waals surface area contributed by atoms with Crippen LogP contribution in [0.5, 0.6) is 11.5 Å². The van der Waals surface area contributed by atoms with Gasteiger partial charge in [-0.1, -0.05) is 55.5 Å². The summed E-state index contributed by atoms with van der Waals surface area (Å²) in [5, 5.41) is 31.9. The van der Waals surface area contributed by atoms with E-state index in [9.17, 15) is 24.9 Å². The van der Waals surface area contributed by atoms with E-state index in [-0.39, 0.29) is 66.9 Å². The van der Waals surface area contributed by atoms with Gasteiger partial charge in [0.15, 0.2) is 11.5 Å². The Bertz CT molecular complexity index is 1650. The average Bonchev–Trinajstić information content (AvgIpc) is 3.26. The zero-order valence-electron chi connectivity index (χ0n) is 28.7. The summed E-state index contributed by atoms with van der Waals surface area (Å²) in [7, 11) is 1.50. The number of nitrogens with two attached hydrogens (primary N) is 1. The lowest BCUT2D eigenvalue weighted by Crippen LogP contribution is -2.33. The molecule has 0 aliphatic heterocycles. The molecule has 7 atom stereocenters. The number of carbonyl (C=O) groups is 2. The zero-order chi connectivity index (χ0) is 34.9. The number of anilines is 1. The number of nitrogen functional groups attached to an aromatic ring is 1. The van der Waals surface area contributed by atoms with E-state index in [2.05, 4.69) is 23.7 Å². The van der Waals surface area contributed by atoms with E-state index in [1.807, 2.05) is 42.5 Å². The van der Waals surface area contributed by atoms with Gasteiger partial charge in [0.25, 0.3) is 0 Å². The highest BCUT2D eigenvalue weighted by molar-refractivity contribution is 6.00. The number of fused-ring (bicyclic) bond motifs is 2. The molecule has 7 unspecified atom stereocenters. The molecule has 1 aromatic heterocycles. The topological polar surface area (TPSA) is 143 Å². The van der Waals surface area contributed by atoms with E-state index in [4.69, 9.17) is 10.5 Å². The van der Waals surface area contributed by atoms with Gasteiger partial charge < -0.3 is 25.8 Å². The number of rotatable bonds is 10. The average molecular weight is 667 g/mol. The maximum atomic E-state index is 14.2. The molecular weight excluding hydrogens is 616 g/mol. The Balaban J connectivity index is 1.65. The van der Waals surface area contributed by atoms with Gasteiger partial charge in [0.2, 0.25) is 0 Å². The highest BCUT2D eigenvalue weighted by atomic mass is 16.5. The van der Waals surface area contributed by atoms with Gasteiger partial charge in [-0.15, -0.1) is 0 Å². The summed E-state index contributed by atoms with van der Waals surface area (Å²) in [6.45, 7) is 1.98. The van der Waals surface area contributed by atoms with Crippen LogP contribution in [0.2, 0.25) is 0 Å². The molecule has 1 fully saturated rings. The van der Waals surface area contributed by atoms with Crippen molar-refractivity contribution in [2.45, 2.75) is 83.2 Å². The van der Waals surface area contributed by atoms with Gasteiger partial charge in [-0.3, -0.25) is 9.59 Å². The number of aromatic hydroxyl groups is 1. The first kappa shape index (κ1) is 36.1. The van der Waals surface area contributed by atoms with Crippen molar-refractivity contribution in [1.29, 1.82) is 0 Å². The molecule has 8 heteroatoms. The third kappa shape index (κ3) is 9.09. The second-order valence-electron chi connectivity index (χ2n) is 13.9. The van der Waals surface area contributed by atoms with Gasteiger partial charge in [0.1, 0.15) is 17.4 Å². The Morgan fingerprint density at radius 2 is 1.82 bits per heavy atom. The number of aryl methyl sites for hydroxylation is 1. The van der Waals surface area contributed by atoms with E-state index >= 15 is 0 Å². The fraction of sp³-hybridized carbons (Fsp3) is 0.488. The highest BCUT2D eigenvalue weighted by Gasteiger charge is 2.40. The number of Topliss-reactive ketones (excluding diaryl/α,β-unsaturated/α-hetero) is 2. The van der Waals surface area contributed by atoms with Crippen molar-refractivity contribution in [3.8, 4) is 23.3 Å². The smallest absolute Gasteiger partial charge is 0.160 e. The lowest BCUT2D eigenvalue weighted by atomic mass is 9.73. The standard InChI is InChI=1S/C41H50N2O6/c1-3-7-34(37(46)15-17-44)31-20-27(18-26-14-16-43-41(42)21-26)19-29-11-13-33(28-8-5-4-6-9-28)35-25-39(48)40(49-2)23-30(35)10-12-32(45)24-38(47)36(29)22-31/h4-6,8-9,14,16,21,23,25,27,29,31,33-34,36-37,44,46,48H,3,7,10,12,15,17-20,22,24H2,1-2H3,(H2,42,43). The monoisotopic (exact) mass is 666 g/mol. The Morgan fingerprint density at radius 1 is 1.02 bits per heavy atom. The summed E-state index contributed by atoms with van der Waals surface area (Å²) in [5.74, 6) is 6.59. The third-order valence-corrected chi connectivity index (χ3v) is 10.5. The molecule has 49 heavy (non-hydrogen) atoms. The number of pyridine rings is 1. The minimum absolute atomic E-state index is 0.00417. The number of methoxy groups -OCH3 is 1. The number of phenolic OH excluding ortho intramolecular Hbond substituents is 1. The molecule has 3 aromatic rings. The number of ether oxygens (including phenoxy) is 1. The van der Waals surface area contributed by atoms with Crippen molar-refractivity contribution >= 4 is 17.4 Å². The summed E-state index contributed by atoms with van der Waals surface area (Å²) in [4.78, 5) is 31.9. The van der Waals surface area contributed by atoms with E-state index in [0.717, 1.165) is 47.9 Å². The fourth-order valence-corrected chi connectivity index (χ4v) is 8.18. The van der Waals surface area contributed by atoms with Crippen molar-refractivity contribution in [2.75, 3.05) is 19.5 Å². The Kier molecular flexibility index (Phi) is 12.5. The number of aromatic nitrogens is 1. The number of hydrogen-bond donors (Lipinski definition) is 4. The van der Waals surface area contributed by atoms with Crippen LogP contribution in [-0.4, -0.2) is 51.7 Å². The van der Waals surface area contributed by atoms with Crippen LogP contribution in [0, 0.1) is 41.4 Å². The molecule has 8 nitrogen and oxygen atoms in total. The van der Waals surface area contributed by atoms with E-state index in [1.165, 1.54) is 7.11 Å². The van der Waals surface area contributed by atoms with Gasteiger partial charge >= 0.3 is 0 Å². The summed E-state index contributed by atoms with van der Waals surface area (Å²) < 4.78 is 5.43. The van der Waals surface area contributed by atoms with Crippen LogP contribution < -0.4 is 10.5 Å². The van der Waals surface area contributed by atoms with Gasteiger partial charge in [0.05, 0.1) is 25.6 Å². The molecule has 260 valence electrons. The van der Waals surface area contributed by atoms with Crippen LogP contribution in [0.4, 0.5) is 5.82 Å². The van der Waals surface area contributed by atoms with Crippen molar-refractivity contribution < 1.29 is 29.6 Å². The SMILES string of the molecule is CCCC(C(O)CCO)C1CC(Cc2ccnc(N)c2)CC2C#CC(c3ccccc3)c3cc(O)c(OC)cc3CCC(=O)CC(=O)C2C1. The molecule has 2 aliphatic rings. The van der Waals surface area contributed by atoms with Gasteiger partial charge in [-0.2, -0.15) is 0 Å². The van der Waals surface area contributed by atoms with E-state index in [1.54, 1.807) is 18.3 Å². The molecule has 1 saturated carbocycles. The first-order chi connectivity index (χ1) is 23.7. The second kappa shape index (κ2) is 17.0. The molecule has 1 heterocycles. The van der Waals surface area contributed by atoms with Crippen LogP contribution in [0.15, 0.2) is 60.8 Å². The van der Waals surface area contributed by atoms with Crippen molar-refractivity contribution in [3.63, 3.8) is 0 Å². The van der Waals surface area contributed by atoms with E-state index < -0.39 is 17.9 Å². The number of carbonyl (C=O) groups excluding carboxylic acids is 2. The van der Waals surface area contributed by atoms with Crippen molar-refractivity contribution in [3.05, 3.63) is 83.0 Å². The van der Waals surface area contributed by atoms with Gasteiger partial charge in [-0.05, 0) is 109 Å². The Hall–Kier alpha value is -4.19.